The number of nitrogens with zero attached hydrogens (tertiary/aromatic N) is 1. The van der Waals surface area contributed by atoms with Crippen molar-refractivity contribution in [3.8, 4) is 0 Å². The van der Waals surface area contributed by atoms with Gasteiger partial charge in [0.05, 0.1) is 0 Å². The van der Waals surface area contributed by atoms with Gasteiger partial charge in [-0.1, -0.05) is 51.1 Å². The van der Waals surface area contributed by atoms with Crippen LogP contribution in [-0.4, -0.2) is 23.4 Å². The average Bonchev–Trinajstić information content (AvgIpc) is 2.76. The Morgan fingerprint density at radius 2 is 1.95 bits per heavy atom. The van der Waals surface area contributed by atoms with E-state index in [1.807, 2.05) is 6.07 Å². The SMILES string of the molecule is CC(C)(C)CC(=O)N1CCCC1Cc1ccccc1. The molecule has 0 saturated carbocycles. The van der Waals surface area contributed by atoms with Crippen LogP contribution in [0, 0.1) is 5.41 Å². The Hall–Kier alpha value is -1.31. The molecule has 1 heterocycles. The van der Waals surface area contributed by atoms with Gasteiger partial charge in [-0.05, 0) is 30.2 Å². The fourth-order valence-electron chi connectivity index (χ4n) is 2.82. The Labute approximate surface area is 116 Å². The molecule has 1 saturated heterocycles. The molecule has 0 radical (unpaired) electrons. The third-order valence-corrected chi connectivity index (χ3v) is 3.69. The van der Waals surface area contributed by atoms with Crippen molar-refractivity contribution >= 4 is 5.91 Å². The van der Waals surface area contributed by atoms with E-state index in [9.17, 15) is 4.79 Å². The molecule has 1 aromatic rings. The Morgan fingerprint density at radius 3 is 2.58 bits per heavy atom. The lowest BCUT2D eigenvalue weighted by Gasteiger charge is -2.28. The molecule has 1 unspecified atom stereocenters. The fraction of sp³-hybridized carbons (Fsp3) is 0.588. The van der Waals surface area contributed by atoms with Crippen LogP contribution in [0.2, 0.25) is 0 Å². The Balaban J connectivity index is 1.99. The topological polar surface area (TPSA) is 20.3 Å². The summed E-state index contributed by atoms with van der Waals surface area (Å²) in [6, 6.07) is 10.9. The Morgan fingerprint density at radius 1 is 1.26 bits per heavy atom. The number of amides is 1. The number of hydrogen-bond donors (Lipinski definition) is 0. The van der Waals surface area contributed by atoms with Crippen LogP contribution < -0.4 is 0 Å². The molecule has 0 spiro atoms. The minimum atomic E-state index is 0.0803. The van der Waals surface area contributed by atoms with Crippen LogP contribution in [0.1, 0.15) is 45.6 Å². The molecule has 1 aliphatic rings. The third-order valence-electron chi connectivity index (χ3n) is 3.69. The first-order chi connectivity index (χ1) is 8.96. The second-order valence-corrected chi connectivity index (χ2v) is 6.81. The summed E-state index contributed by atoms with van der Waals surface area (Å²) in [6.07, 6.45) is 3.94. The lowest BCUT2D eigenvalue weighted by Crippen LogP contribution is -2.38. The van der Waals surface area contributed by atoms with Crippen LogP contribution in [0.4, 0.5) is 0 Å². The summed E-state index contributed by atoms with van der Waals surface area (Å²) in [4.78, 5) is 14.5. The molecule has 2 heteroatoms. The quantitative estimate of drug-likeness (QED) is 0.811. The summed E-state index contributed by atoms with van der Waals surface area (Å²) in [6.45, 7) is 7.33. The summed E-state index contributed by atoms with van der Waals surface area (Å²) >= 11 is 0. The smallest absolute Gasteiger partial charge is 0.223 e. The van der Waals surface area contributed by atoms with Gasteiger partial charge < -0.3 is 4.90 Å². The van der Waals surface area contributed by atoms with E-state index in [4.69, 9.17) is 0 Å². The van der Waals surface area contributed by atoms with Gasteiger partial charge in [0.2, 0.25) is 5.91 Å². The van der Waals surface area contributed by atoms with Gasteiger partial charge in [-0.15, -0.1) is 0 Å². The van der Waals surface area contributed by atoms with Crippen molar-refractivity contribution in [2.24, 2.45) is 5.41 Å². The first-order valence-corrected chi connectivity index (χ1v) is 7.29. The molecular weight excluding hydrogens is 234 g/mol. The van der Waals surface area contributed by atoms with Crippen molar-refractivity contribution < 1.29 is 4.79 Å². The molecule has 1 amide bonds. The number of hydrogen-bond acceptors (Lipinski definition) is 1. The van der Waals surface area contributed by atoms with Crippen molar-refractivity contribution in [3.05, 3.63) is 35.9 Å². The molecule has 0 bridgehead atoms. The molecular formula is C17H25NO. The lowest BCUT2D eigenvalue weighted by atomic mass is 9.91. The maximum absolute atomic E-state index is 12.4. The second kappa shape index (κ2) is 5.77. The zero-order valence-corrected chi connectivity index (χ0v) is 12.4. The number of benzene rings is 1. The maximum atomic E-state index is 12.4. The predicted octanol–water partition coefficient (Wildman–Crippen LogP) is 3.66. The second-order valence-electron chi connectivity index (χ2n) is 6.81. The van der Waals surface area contributed by atoms with Crippen molar-refractivity contribution in [3.63, 3.8) is 0 Å². The number of likely N-dealkylation sites (tertiary alicyclic amines) is 1. The summed E-state index contributed by atoms with van der Waals surface area (Å²) in [7, 11) is 0. The zero-order chi connectivity index (χ0) is 13.9. The van der Waals surface area contributed by atoms with Gasteiger partial charge in [-0.25, -0.2) is 0 Å². The Bertz CT molecular complexity index is 419. The molecule has 2 nitrogen and oxygen atoms in total. The van der Waals surface area contributed by atoms with Crippen molar-refractivity contribution in [1.29, 1.82) is 0 Å². The molecule has 1 atom stereocenters. The number of carbonyl (C=O) groups is 1. The zero-order valence-electron chi connectivity index (χ0n) is 12.4. The molecule has 1 aliphatic heterocycles. The summed E-state index contributed by atoms with van der Waals surface area (Å²) in [5, 5.41) is 0. The first kappa shape index (κ1) is 14.1. The predicted molar refractivity (Wildman–Crippen MR) is 79.0 cm³/mol. The highest BCUT2D eigenvalue weighted by atomic mass is 16.2. The van der Waals surface area contributed by atoms with Gasteiger partial charge in [0, 0.05) is 19.0 Å². The van der Waals surface area contributed by atoms with E-state index >= 15 is 0 Å². The van der Waals surface area contributed by atoms with Gasteiger partial charge in [-0.2, -0.15) is 0 Å². The van der Waals surface area contributed by atoms with Crippen LogP contribution in [0.3, 0.4) is 0 Å². The highest BCUT2D eigenvalue weighted by Gasteiger charge is 2.30. The van der Waals surface area contributed by atoms with Crippen LogP contribution in [0.25, 0.3) is 0 Å². The monoisotopic (exact) mass is 259 g/mol. The van der Waals surface area contributed by atoms with E-state index in [0.29, 0.717) is 18.4 Å². The molecule has 0 N–H and O–H groups in total. The van der Waals surface area contributed by atoms with Gasteiger partial charge in [0.1, 0.15) is 0 Å². The highest BCUT2D eigenvalue weighted by molar-refractivity contribution is 5.77. The van der Waals surface area contributed by atoms with Crippen molar-refractivity contribution in [1.82, 2.24) is 4.90 Å². The van der Waals surface area contributed by atoms with E-state index in [-0.39, 0.29) is 5.41 Å². The standard InChI is InChI=1S/C17H25NO/c1-17(2,3)13-16(19)18-11-7-10-15(18)12-14-8-5-4-6-9-14/h4-6,8-9,15H,7,10-13H2,1-3H3. The largest absolute Gasteiger partial charge is 0.339 e. The Kier molecular flexibility index (Phi) is 4.28. The molecule has 19 heavy (non-hydrogen) atoms. The lowest BCUT2D eigenvalue weighted by molar-refractivity contribution is -0.133. The maximum Gasteiger partial charge on any atom is 0.223 e. The van der Waals surface area contributed by atoms with Crippen LogP contribution in [0.15, 0.2) is 30.3 Å². The number of rotatable bonds is 3. The van der Waals surface area contributed by atoms with E-state index in [1.54, 1.807) is 0 Å². The molecule has 1 fully saturated rings. The van der Waals surface area contributed by atoms with Crippen LogP contribution in [-0.2, 0) is 11.2 Å². The first-order valence-electron chi connectivity index (χ1n) is 7.29. The minimum Gasteiger partial charge on any atom is -0.339 e. The molecule has 0 aliphatic carbocycles. The van der Waals surface area contributed by atoms with Gasteiger partial charge in [0.15, 0.2) is 0 Å². The molecule has 0 aromatic heterocycles. The summed E-state index contributed by atoms with van der Waals surface area (Å²) in [5.41, 5.74) is 1.42. The van der Waals surface area contributed by atoms with E-state index < -0.39 is 0 Å². The van der Waals surface area contributed by atoms with Gasteiger partial charge >= 0.3 is 0 Å². The molecule has 1 aromatic carbocycles. The van der Waals surface area contributed by atoms with E-state index in [2.05, 4.69) is 49.9 Å². The average molecular weight is 259 g/mol. The number of carbonyl (C=O) groups excluding carboxylic acids is 1. The normalized spacial score (nSPS) is 19.7. The highest BCUT2D eigenvalue weighted by Crippen LogP contribution is 2.26. The van der Waals surface area contributed by atoms with E-state index in [0.717, 1.165) is 25.8 Å². The minimum absolute atomic E-state index is 0.0803. The van der Waals surface area contributed by atoms with Crippen LogP contribution >= 0.6 is 0 Å². The van der Waals surface area contributed by atoms with E-state index in [1.165, 1.54) is 5.56 Å². The summed E-state index contributed by atoms with van der Waals surface area (Å²) in [5.74, 6) is 0.325. The fourth-order valence-corrected chi connectivity index (χ4v) is 2.82. The molecule has 2 rings (SSSR count). The third kappa shape index (κ3) is 4.09. The van der Waals surface area contributed by atoms with Crippen molar-refractivity contribution in [2.45, 2.75) is 52.5 Å². The van der Waals surface area contributed by atoms with Crippen molar-refractivity contribution in [2.75, 3.05) is 6.54 Å². The summed E-state index contributed by atoms with van der Waals surface area (Å²) < 4.78 is 0. The van der Waals surface area contributed by atoms with Gasteiger partial charge in [0.25, 0.3) is 0 Å². The molecule has 104 valence electrons. The van der Waals surface area contributed by atoms with Crippen LogP contribution in [0.5, 0.6) is 0 Å². The van der Waals surface area contributed by atoms with Gasteiger partial charge in [-0.3, -0.25) is 4.79 Å².